The van der Waals surface area contributed by atoms with Gasteiger partial charge in [0.2, 0.25) is 5.91 Å². The van der Waals surface area contributed by atoms with E-state index in [2.05, 4.69) is 15.3 Å². The topological polar surface area (TPSA) is 57.8 Å². The van der Waals surface area contributed by atoms with Crippen LogP contribution in [0.25, 0.3) is 11.0 Å². The molecule has 0 saturated heterocycles. The van der Waals surface area contributed by atoms with Gasteiger partial charge in [-0.2, -0.15) is 0 Å². The highest BCUT2D eigenvalue weighted by Gasteiger charge is 2.17. The van der Waals surface area contributed by atoms with Crippen molar-refractivity contribution >= 4 is 34.4 Å². The fraction of sp³-hybridized carbons (Fsp3) is 0.176. The number of aromatic amines is 1. The maximum Gasteiger partial charge on any atom is 0.237 e. The van der Waals surface area contributed by atoms with Gasteiger partial charge in [0.25, 0.3) is 0 Å². The van der Waals surface area contributed by atoms with Crippen molar-refractivity contribution in [1.82, 2.24) is 9.97 Å². The van der Waals surface area contributed by atoms with E-state index >= 15 is 0 Å². The van der Waals surface area contributed by atoms with Gasteiger partial charge in [-0.15, -0.1) is 0 Å². The molecule has 0 aliphatic carbocycles. The number of para-hydroxylation sites is 1. The zero-order valence-electron chi connectivity index (χ0n) is 12.8. The number of carbonyl (C=O) groups excluding carboxylic acids is 1. The number of rotatable bonds is 4. The van der Waals surface area contributed by atoms with Gasteiger partial charge in [-0.3, -0.25) is 4.79 Å². The first-order valence-corrected chi connectivity index (χ1v) is 8.09. The van der Waals surface area contributed by atoms with Crippen LogP contribution in [0.4, 0.5) is 10.1 Å². The summed E-state index contributed by atoms with van der Waals surface area (Å²) in [4.78, 5) is 19.8. The molecule has 0 spiro atoms. The van der Waals surface area contributed by atoms with Crippen LogP contribution in [0.2, 0.25) is 0 Å². The van der Waals surface area contributed by atoms with Crippen LogP contribution in [-0.4, -0.2) is 21.1 Å². The van der Waals surface area contributed by atoms with Crippen molar-refractivity contribution in [3.63, 3.8) is 0 Å². The maximum atomic E-state index is 13.6. The van der Waals surface area contributed by atoms with E-state index in [1.807, 2.05) is 25.1 Å². The highest BCUT2D eigenvalue weighted by Crippen LogP contribution is 2.25. The molecule has 3 rings (SSSR count). The molecule has 2 N–H and O–H groups in total. The lowest BCUT2D eigenvalue weighted by Crippen LogP contribution is -2.23. The molecule has 6 heteroatoms. The molecule has 1 heterocycles. The molecule has 1 amide bonds. The minimum Gasteiger partial charge on any atom is -0.333 e. The number of hydrogen-bond acceptors (Lipinski definition) is 3. The second kappa shape index (κ2) is 6.42. The third kappa shape index (κ3) is 3.53. The van der Waals surface area contributed by atoms with Gasteiger partial charge in [-0.25, -0.2) is 9.37 Å². The summed E-state index contributed by atoms with van der Waals surface area (Å²) in [5, 5.41) is 2.86. The monoisotopic (exact) mass is 329 g/mol. The van der Waals surface area contributed by atoms with Crippen molar-refractivity contribution in [3.05, 3.63) is 53.8 Å². The largest absolute Gasteiger partial charge is 0.333 e. The lowest BCUT2D eigenvalue weighted by atomic mass is 10.2. The molecule has 0 saturated carbocycles. The molecule has 23 heavy (non-hydrogen) atoms. The summed E-state index contributed by atoms with van der Waals surface area (Å²) < 4.78 is 13.6. The number of carbonyl (C=O) groups is 1. The number of imidazole rings is 1. The van der Waals surface area contributed by atoms with Crippen molar-refractivity contribution in [2.24, 2.45) is 0 Å². The second-order valence-corrected chi connectivity index (χ2v) is 6.62. The summed E-state index contributed by atoms with van der Waals surface area (Å²) in [6.45, 7) is 3.77. The predicted molar refractivity (Wildman–Crippen MR) is 91.2 cm³/mol. The average Bonchev–Trinajstić information content (AvgIpc) is 2.90. The highest BCUT2D eigenvalue weighted by atomic mass is 32.2. The molecule has 0 radical (unpaired) electrons. The lowest BCUT2D eigenvalue weighted by Gasteiger charge is -2.10. The summed E-state index contributed by atoms with van der Waals surface area (Å²) >= 11 is 1.31. The molecule has 0 aliphatic heterocycles. The van der Waals surface area contributed by atoms with E-state index in [1.165, 1.54) is 23.9 Å². The van der Waals surface area contributed by atoms with Crippen molar-refractivity contribution in [2.45, 2.75) is 24.3 Å². The van der Waals surface area contributed by atoms with Gasteiger partial charge in [0.15, 0.2) is 5.16 Å². The molecule has 3 aromatic rings. The van der Waals surface area contributed by atoms with Gasteiger partial charge in [-0.05, 0) is 43.7 Å². The molecule has 1 atom stereocenters. The predicted octanol–water partition coefficient (Wildman–Crippen LogP) is 4.13. The summed E-state index contributed by atoms with van der Waals surface area (Å²) in [5.41, 5.74) is 3.13. The zero-order chi connectivity index (χ0) is 16.4. The number of amides is 1. The van der Waals surface area contributed by atoms with Crippen LogP contribution in [0, 0.1) is 12.7 Å². The van der Waals surface area contributed by atoms with Gasteiger partial charge in [0, 0.05) is 0 Å². The van der Waals surface area contributed by atoms with E-state index in [1.54, 1.807) is 19.1 Å². The maximum absolute atomic E-state index is 13.6. The van der Waals surface area contributed by atoms with Crippen molar-refractivity contribution in [3.8, 4) is 0 Å². The SMILES string of the molecule is Cc1ccc2nc(SC(C)C(=O)Nc3ccccc3F)[nH]c2c1. The van der Waals surface area contributed by atoms with E-state index < -0.39 is 11.1 Å². The molecule has 1 unspecified atom stereocenters. The molecule has 0 bridgehead atoms. The van der Waals surface area contributed by atoms with Crippen molar-refractivity contribution in [1.29, 1.82) is 0 Å². The molecule has 0 fully saturated rings. The Morgan fingerprint density at radius 1 is 1.30 bits per heavy atom. The Bertz CT molecular complexity index is 862. The van der Waals surface area contributed by atoms with Crippen LogP contribution < -0.4 is 5.32 Å². The van der Waals surface area contributed by atoms with Gasteiger partial charge in [0.1, 0.15) is 5.82 Å². The van der Waals surface area contributed by atoms with Gasteiger partial charge >= 0.3 is 0 Å². The van der Waals surface area contributed by atoms with Crippen LogP contribution in [0.3, 0.4) is 0 Å². The summed E-state index contributed by atoms with van der Waals surface area (Å²) in [6.07, 6.45) is 0. The number of anilines is 1. The summed E-state index contributed by atoms with van der Waals surface area (Å²) in [6, 6.07) is 12.1. The first-order valence-electron chi connectivity index (χ1n) is 7.21. The third-order valence-electron chi connectivity index (χ3n) is 3.41. The Kier molecular flexibility index (Phi) is 4.34. The number of benzene rings is 2. The number of nitrogens with one attached hydrogen (secondary N) is 2. The molecule has 0 aliphatic rings. The van der Waals surface area contributed by atoms with Gasteiger partial charge in [0.05, 0.1) is 22.0 Å². The molecular weight excluding hydrogens is 313 g/mol. The Labute approximate surface area is 137 Å². The van der Waals surface area contributed by atoms with Crippen LogP contribution in [0.15, 0.2) is 47.6 Å². The van der Waals surface area contributed by atoms with Crippen LogP contribution in [0.1, 0.15) is 12.5 Å². The summed E-state index contributed by atoms with van der Waals surface area (Å²) in [5.74, 6) is -0.714. The molecule has 118 valence electrons. The van der Waals surface area contributed by atoms with Gasteiger partial charge < -0.3 is 10.3 Å². The Morgan fingerprint density at radius 2 is 2.09 bits per heavy atom. The Morgan fingerprint density at radius 3 is 2.87 bits per heavy atom. The van der Waals surface area contributed by atoms with E-state index in [9.17, 15) is 9.18 Å². The average molecular weight is 329 g/mol. The minimum atomic E-state index is -0.447. The smallest absolute Gasteiger partial charge is 0.237 e. The zero-order valence-corrected chi connectivity index (χ0v) is 13.6. The van der Waals surface area contributed by atoms with E-state index in [0.29, 0.717) is 5.16 Å². The number of H-pyrrole nitrogens is 1. The normalized spacial score (nSPS) is 12.3. The highest BCUT2D eigenvalue weighted by molar-refractivity contribution is 8.00. The number of hydrogen-bond donors (Lipinski definition) is 2. The fourth-order valence-corrected chi connectivity index (χ4v) is 2.99. The first-order chi connectivity index (χ1) is 11.0. The second-order valence-electron chi connectivity index (χ2n) is 5.29. The summed E-state index contributed by atoms with van der Waals surface area (Å²) in [7, 11) is 0. The Hall–Kier alpha value is -2.34. The van der Waals surface area contributed by atoms with E-state index in [4.69, 9.17) is 0 Å². The van der Waals surface area contributed by atoms with Crippen LogP contribution in [-0.2, 0) is 4.79 Å². The number of fused-ring (bicyclic) bond motifs is 1. The van der Waals surface area contributed by atoms with Crippen LogP contribution in [0.5, 0.6) is 0 Å². The number of aryl methyl sites for hydroxylation is 1. The molecule has 1 aromatic heterocycles. The van der Waals surface area contributed by atoms with Crippen molar-refractivity contribution in [2.75, 3.05) is 5.32 Å². The molecule has 4 nitrogen and oxygen atoms in total. The third-order valence-corrected chi connectivity index (χ3v) is 4.39. The van der Waals surface area contributed by atoms with E-state index in [0.717, 1.165) is 16.6 Å². The van der Waals surface area contributed by atoms with Gasteiger partial charge in [-0.1, -0.05) is 30.0 Å². The standard InChI is InChI=1S/C17H16FN3OS/c1-10-7-8-14-15(9-10)21-17(20-14)23-11(2)16(22)19-13-6-4-3-5-12(13)18/h3-9,11H,1-2H3,(H,19,22)(H,20,21). The molecule has 2 aromatic carbocycles. The number of aromatic nitrogens is 2. The lowest BCUT2D eigenvalue weighted by molar-refractivity contribution is -0.115. The molecular formula is C17H16FN3OS. The number of thioether (sulfide) groups is 1. The minimum absolute atomic E-state index is 0.185. The first kappa shape index (κ1) is 15.6. The number of halogens is 1. The van der Waals surface area contributed by atoms with E-state index in [-0.39, 0.29) is 11.6 Å². The Balaban J connectivity index is 1.71. The number of nitrogens with zero attached hydrogens (tertiary/aromatic N) is 1. The van der Waals surface area contributed by atoms with Crippen molar-refractivity contribution < 1.29 is 9.18 Å². The quantitative estimate of drug-likeness (QED) is 0.708. The van der Waals surface area contributed by atoms with Crippen LogP contribution >= 0.6 is 11.8 Å². The fourth-order valence-electron chi connectivity index (χ4n) is 2.17.